The molecule has 0 spiro atoms. The van der Waals surface area contributed by atoms with Crippen molar-refractivity contribution in [3.8, 4) is 0 Å². The third-order valence-corrected chi connectivity index (χ3v) is 6.20. The summed E-state index contributed by atoms with van der Waals surface area (Å²) in [4.78, 5) is 30.0. The second-order valence-electron chi connectivity index (χ2n) is 9.39. The van der Waals surface area contributed by atoms with E-state index in [2.05, 4.69) is 17.1 Å². The maximum absolute atomic E-state index is 13.4. The lowest BCUT2D eigenvalue weighted by molar-refractivity contribution is 0.0873. The first-order valence-corrected chi connectivity index (χ1v) is 10.9. The Bertz CT molecular complexity index is 976. The van der Waals surface area contributed by atoms with Crippen LogP contribution in [0.4, 0.5) is 10.6 Å². The van der Waals surface area contributed by atoms with E-state index in [1.165, 1.54) is 18.4 Å². The van der Waals surface area contributed by atoms with E-state index in [-0.39, 0.29) is 31.0 Å². The summed E-state index contributed by atoms with van der Waals surface area (Å²) in [6.07, 6.45) is 5.47. The number of H-pyrrole nitrogens is 1. The second-order valence-corrected chi connectivity index (χ2v) is 9.39. The molecule has 2 amide bonds. The Morgan fingerprint density at radius 2 is 1.90 bits per heavy atom. The van der Waals surface area contributed by atoms with Crippen LogP contribution < -0.4 is 4.90 Å². The van der Waals surface area contributed by atoms with Crippen molar-refractivity contribution in [2.24, 2.45) is 4.99 Å². The predicted molar refractivity (Wildman–Crippen MR) is 123 cm³/mol. The van der Waals surface area contributed by atoms with Crippen LogP contribution in [0.25, 0.3) is 0 Å². The van der Waals surface area contributed by atoms with Crippen LogP contribution in [0.15, 0.2) is 35.3 Å². The Labute approximate surface area is 189 Å². The first-order valence-electron chi connectivity index (χ1n) is 10.9. The number of hydrogen-bond donors (Lipinski definition) is 2. The summed E-state index contributed by atoms with van der Waals surface area (Å²) in [7, 11) is 0. The fourth-order valence-corrected chi connectivity index (χ4v) is 4.84. The minimum atomic E-state index is -1.02. The highest BCUT2D eigenvalue weighted by Crippen LogP contribution is 2.37. The molecule has 7 nitrogen and oxygen atoms in total. The number of nitrogens with one attached hydrogen (secondary N) is 1. The fraction of sp³-hybridized carbons (Fsp3) is 0.522. The summed E-state index contributed by atoms with van der Waals surface area (Å²) < 4.78 is 0. The molecule has 0 unspecified atom stereocenters. The number of benzene rings is 1. The molecular weight excluding hydrogens is 414 g/mol. The van der Waals surface area contributed by atoms with E-state index < -0.39 is 5.60 Å². The molecule has 3 heterocycles. The third kappa shape index (κ3) is 4.21. The van der Waals surface area contributed by atoms with Gasteiger partial charge in [-0.2, -0.15) is 0 Å². The SMILES string of the molecule is CC(C)(O)CN1C(=O)N2C[C@@H](Cc3ccccc3)N=C2c2[nH]c(C3CCCC3)nc21.Cl. The van der Waals surface area contributed by atoms with Crippen molar-refractivity contribution in [1.29, 1.82) is 0 Å². The molecule has 5 rings (SSSR count). The van der Waals surface area contributed by atoms with Crippen LogP contribution in [-0.2, 0) is 6.42 Å². The van der Waals surface area contributed by atoms with Gasteiger partial charge in [0.25, 0.3) is 0 Å². The van der Waals surface area contributed by atoms with E-state index in [0.29, 0.717) is 24.1 Å². The maximum Gasteiger partial charge on any atom is 0.331 e. The van der Waals surface area contributed by atoms with Gasteiger partial charge in [0.1, 0.15) is 11.5 Å². The number of rotatable bonds is 5. The summed E-state index contributed by atoms with van der Waals surface area (Å²) >= 11 is 0. The second kappa shape index (κ2) is 8.28. The monoisotopic (exact) mass is 443 g/mol. The zero-order chi connectivity index (χ0) is 20.9. The largest absolute Gasteiger partial charge is 0.389 e. The molecule has 1 aliphatic carbocycles. The average molecular weight is 444 g/mol. The number of aliphatic imine (C=N–C) groups is 1. The van der Waals surface area contributed by atoms with E-state index in [0.717, 1.165) is 30.8 Å². The number of carbonyl (C=O) groups is 1. The van der Waals surface area contributed by atoms with Gasteiger partial charge >= 0.3 is 6.03 Å². The van der Waals surface area contributed by atoms with Gasteiger partial charge in [0.05, 0.1) is 24.7 Å². The number of urea groups is 1. The maximum atomic E-state index is 13.4. The van der Waals surface area contributed by atoms with E-state index >= 15 is 0 Å². The molecule has 2 aliphatic heterocycles. The Morgan fingerprint density at radius 1 is 1.19 bits per heavy atom. The molecule has 2 aromatic rings. The van der Waals surface area contributed by atoms with E-state index in [1.54, 1.807) is 23.6 Å². The fourth-order valence-electron chi connectivity index (χ4n) is 4.84. The van der Waals surface area contributed by atoms with Crippen LogP contribution >= 0.6 is 12.4 Å². The van der Waals surface area contributed by atoms with E-state index in [1.807, 2.05) is 18.2 Å². The Morgan fingerprint density at radius 3 is 2.58 bits per heavy atom. The molecule has 1 fully saturated rings. The standard InChI is InChI=1S/C23H29N5O2.ClH/c1-23(2,30)14-28-21-18(25-19(26-21)16-10-6-7-11-16)20-24-17(13-27(20)22(28)29)12-15-8-4-3-5-9-15;/h3-5,8-9,16-17,30H,6-7,10-14H2,1-2H3,(H,25,26);1H/t17-;/m1./s1. The zero-order valence-corrected chi connectivity index (χ0v) is 18.9. The summed E-state index contributed by atoms with van der Waals surface area (Å²) in [5.74, 6) is 2.66. The number of amidine groups is 1. The molecule has 166 valence electrons. The number of nitrogens with zero attached hydrogens (tertiary/aromatic N) is 4. The smallest absolute Gasteiger partial charge is 0.331 e. The highest BCUT2D eigenvalue weighted by atomic mass is 35.5. The minimum absolute atomic E-state index is 0. The van der Waals surface area contributed by atoms with E-state index in [4.69, 9.17) is 9.98 Å². The van der Waals surface area contributed by atoms with Gasteiger partial charge in [-0.05, 0) is 38.7 Å². The lowest BCUT2D eigenvalue weighted by Gasteiger charge is -2.35. The summed E-state index contributed by atoms with van der Waals surface area (Å²) in [5, 5.41) is 10.4. The van der Waals surface area contributed by atoms with Gasteiger partial charge in [0.2, 0.25) is 0 Å². The number of aliphatic hydroxyl groups is 1. The molecule has 31 heavy (non-hydrogen) atoms. The topological polar surface area (TPSA) is 84.8 Å². The average Bonchev–Trinajstić information content (AvgIpc) is 3.43. The normalized spacial score (nSPS) is 21.1. The van der Waals surface area contributed by atoms with Crippen molar-refractivity contribution < 1.29 is 9.90 Å². The first kappa shape index (κ1) is 21.8. The van der Waals surface area contributed by atoms with Crippen molar-refractivity contribution in [1.82, 2.24) is 14.9 Å². The van der Waals surface area contributed by atoms with Crippen molar-refractivity contribution in [3.05, 3.63) is 47.4 Å². The number of amides is 2. The summed E-state index contributed by atoms with van der Waals surface area (Å²) in [6.45, 7) is 4.18. The van der Waals surface area contributed by atoms with Crippen molar-refractivity contribution in [2.75, 3.05) is 18.0 Å². The molecule has 2 N–H and O–H groups in total. The number of hydrogen-bond acceptors (Lipinski definition) is 4. The van der Waals surface area contributed by atoms with E-state index in [9.17, 15) is 9.90 Å². The zero-order valence-electron chi connectivity index (χ0n) is 18.0. The van der Waals surface area contributed by atoms with Crippen LogP contribution in [-0.4, -0.2) is 56.6 Å². The minimum Gasteiger partial charge on any atom is -0.389 e. The van der Waals surface area contributed by atoms with Gasteiger partial charge < -0.3 is 10.1 Å². The number of halogens is 1. The highest BCUT2D eigenvalue weighted by Gasteiger charge is 2.44. The predicted octanol–water partition coefficient (Wildman–Crippen LogP) is 3.87. The number of fused-ring (bicyclic) bond motifs is 3. The van der Waals surface area contributed by atoms with Gasteiger partial charge in [0.15, 0.2) is 11.7 Å². The number of anilines is 1. The van der Waals surface area contributed by atoms with Crippen molar-refractivity contribution in [2.45, 2.75) is 63.5 Å². The van der Waals surface area contributed by atoms with Crippen molar-refractivity contribution in [3.63, 3.8) is 0 Å². The summed E-state index contributed by atoms with van der Waals surface area (Å²) in [6, 6.07) is 10.1. The highest BCUT2D eigenvalue weighted by molar-refractivity contribution is 6.18. The number of aromatic amines is 1. The molecule has 1 aromatic carbocycles. The van der Waals surface area contributed by atoms with Crippen LogP contribution in [0.3, 0.4) is 0 Å². The molecule has 3 aliphatic rings. The molecule has 1 aromatic heterocycles. The molecule has 0 bridgehead atoms. The Balaban J connectivity index is 0.00000231. The Kier molecular flexibility index (Phi) is 5.83. The number of β-amino-alcohol motifs (C(OH)–C–C–N with tert-alkyl or cyclic N) is 1. The number of imidazole rings is 1. The van der Waals surface area contributed by atoms with Gasteiger partial charge in [-0.25, -0.2) is 9.78 Å². The van der Waals surface area contributed by atoms with Crippen LogP contribution in [0.1, 0.15) is 62.5 Å². The Hall–Kier alpha value is -2.38. The van der Waals surface area contributed by atoms with Crippen LogP contribution in [0.5, 0.6) is 0 Å². The van der Waals surface area contributed by atoms with Crippen LogP contribution in [0.2, 0.25) is 0 Å². The molecule has 0 radical (unpaired) electrons. The van der Waals surface area contributed by atoms with Gasteiger partial charge in [-0.3, -0.25) is 14.8 Å². The van der Waals surface area contributed by atoms with Gasteiger partial charge in [-0.15, -0.1) is 12.4 Å². The number of aromatic nitrogens is 2. The lowest BCUT2D eigenvalue weighted by atomic mass is 10.1. The lowest BCUT2D eigenvalue weighted by Crippen LogP contribution is -2.54. The molecule has 0 saturated heterocycles. The quantitative estimate of drug-likeness (QED) is 0.735. The van der Waals surface area contributed by atoms with Crippen LogP contribution in [0, 0.1) is 0 Å². The molecule has 1 atom stereocenters. The molecule has 8 heteroatoms. The van der Waals surface area contributed by atoms with Gasteiger partial charge in [0, 0.05) is 5.92 Å². The molecule has 1 saturated carbocycles. The summed E-state index contributed by atoms with van der Waals surface area (Å²) in [5.41, 5.74) is 1.01. The van der Waals surface area contributed by atoms with Gasteiger partial charge in [-0.1, -0.05) is 43.2 Å². The van der Waals surface area contributed by atoms with Crippen molar-refractivity contribution >= 4 is 30.1 Å². The molecular formula is C23H30ClN5O2. The number of carbonyl (C=O) groups excluding carboxylic acids is 1. The third-order valence-electron chi connectivity index (χ3n) is 6.20. The first-order chi connectivity index (χ1) is 14.4.